The topological polar surface area (TPSA) is 106 Å². The van der Waals surface area contributed by atoms with Crippen molar-refractivity contribution in [3.63, 3.8) is 0 Å². The number of carbonyl (C=O) groups is 1. The van der Waals surface area contributed by atoms with Crippen LogP contribution < -0.4 is 15.4 Å². The number of nitro groups is 1. The molecule has 0 saturated heterocycles. The Hall–Kier alpha value is -4.53. The molecule has 41 heavy (non-hydrogen) atoms. The lowest BCUT2D eigenvalue weighted by Crippen LogP contribution is -2.16. The largest absolute Gasteiger partial charge is 0.485 e. The first kappa shape index (κ1) is 29.5. The molecule has 0 fully saturated rings. The highest BCUT2D eigenvalue weighted by Crippen LogP contribution is 2.30. The van der Waals surface area contributed by atoms with Crippen molar-refractivity contribution in [1.29, 1.82) is 0 Å². The van der Waals surface area contributed by atoms with Crippen LogP contribution in [0, 0.1) is 17.0 Å². The Bertz CT molecular complexity index is 1540. The normalized spacial score (nSPS) is 13.0. The maximum absolute atomic E-state index is 11.7. The average molecular weight is 571 g/mol. The number of amides is 1. The van der Waals surface area contributed by atoms with Gasteiger partial charge in [0.1, 0.15) is 18.4 Å². The molecule has 210 valence electrons. The van der Waals surface area contributed by atoms with Crippen molar-refractivity contribution in [3.05, 3.63) is 134 Å². The monoisotopic (exact) mass is 570 g/mol. The zero-order valence-corrected chi connectivity index (χ0v) is 23.6. The summed E-state index contributed by atoms with van der Waals surface area (Å²) in [5, 5.41) is 17.3. The van der Waals surface area contributed by atoms with Crippen molar-refractivity contribution >= 4 is 34.6 Å². The summed E-state index contributed by atoms with van der Waals surface area (Å²) in [7, 11) is 1.97. The quantitative estimate of drug-likeness (QED) is 0.180. The van der Waals surface area contributed by atoms with E-state index in [0.29, 0.717) is 27.5 Å². The third-order valence-electron chi connectivity index (χ3n) is 6.44. The highest BCUT2D eigenvalue weighted by molar-refractivity contribution is 6.36. The summed E-state index contributed by atoms with van der Waals surface area (Å²) in [4.78, 5) is 26.5. The zero-order valence-electron chi connectivity index (χ0n) is 22.8. The number of benzodiazepines with no additional fused rings is 1. The fourth-order valence-corrected chi connectivity index (χ4v) is 4.56. The maximum Gasteiger partial charge on any atom is 0.270 e. The molecule has 1 aliphatic rings. The Morgan fingerprint density at radius 3 is 2.41 bits per heavy atom. The van der Waals surface area contributed by atoms with Crippen LogP contribution in [0.15, 0.2) is 102 Å². The predicted octanol–water partition coefficient (Wildman–Crippen LogP) is 6.76. The number of nitrogens with zero attached hydrogens (tertiary/aromatic N) is 2. The second kappa shape index (κ2) is 14.2. The van der Waals surface area contributed by atoms with Crippen LogP contribution in [-0.4, -0.2) is 36.7 Å². The fourth-order valence-electron chi connectivity index (χ4n) is 4.34. The molecule has 1 atom stereocenters. The van der Waals surface area contributed by atoms with Crippen molar-refractivity contribution < 1.29 is 14.5 Å². The third kappa shape index (κ3) is 7.78. The van der Waals surface area contributed by atoms with Crippen LogP contribution in [-0.2, 0) is 4.79 Å². The molecule has 4 aromatic carbocycles. The van der Waals surface area contributed by atoms with Crippen molar-refractivity contribution in [2.75, 3.05) is 25.5 Å². The molecule has 1 heterocycles. The Kier molecular flexibility index (Phi) is 10.2. The van der Waals surface area contributed by atoms with Gasteiger partial charge in [0.15, 0.2) is 0 Å². The van der Waals surface area contributed by atoms with Crippen LogP contribution in [0.25, 0.3) is 0 Å². The summed E-state index contributed by atoms with van der Waals surface area (Å²) in [6.45, 7) is 2.95. The highest BCUT2D eigenvalue weighted by Gasteiger charge is 2.22. The minimum Gasteiger partial charge on any atom is -0.485 e. The van der Waals surface area contributed by atoms with Crippen LogP contribution >= 0.6 is 11.6 Å². The van der Waals surface area contributed by atoms with E-state index >= 15 is 0 Å². The van der Waals surface area contributed by atoms with E-state index in [-0.39, 0.29) is 24.2 Å². The van der Waals surface area contributed by atoms with Crippen molar-refractivity contribution in [3.8, 4) is 5.75 Å². The van der Waals surface area contributed by atoms with Gasteiger partial charge in [0.05, 0.1) is 16.3 Å². The number of para-hydroxylation sites is 1. The minimum absolute atomic E-state index is 0.0664. The van der Waals surface area contributed by atoms with Gasteiger partial charge in [-0.3, -0.25) is 19.9 Å². The molecule has 0 aliphatic carbocycles. The van der Waals surface area contributed by atoms with Gasteiger partial charge in [0.25, 0.3) is 5.69 Å². The molecule has 0 spiro atoms. The number of halogens is 1. The van der Waals surface area contributed by atoms with Gasteiger partial charge in [0.2, 0.25) is 5.91 Å². The highest BCUT2D eigenvalue weighted by atomic mass is 35.5. The van der Waals surface area contributed by atoms with Gasteiger partial charge in [-0.05, 0) is 49.8 Å². The summed E-state index contributed by atoms with van der Waals surface area (Å²) >= 11 is 6.20. The van der Waals surface area contributed by atoms with E-state index in [0.717, 1.165) is 18.7 Å². The molecule has 0 unspecified atom stereocenters. The molecule has 2 N–H and O–H groups in total. The maximum atomic E-state index is 11.7. The van der Waals surface area contributed by atoms with Gasteiger partial charge < -0.3 is 15.4 Å². The number of non-ortho nitro benzene ring substituents is 1. The summed E-state index contributed by atoms with van der Waals surface area (Å²) in [5.41, 5.74) is 4.37. The fraction of sp³-hybridized carbons (Fsp3) is 0.188. The molecular weight excluding hydrogens is 540 g/mol. The van der Waals surface area contributed by atoms with E-state index in [1.54, 1.807) is 24.3 Å². The summed E-state index contributed by atoms with van der Waals surface area (Å²) < 4.78 is 6.19. The Morgan fingerprint density at radius 1 is 1.00 bits per heavy atom. The number of benzene rings is 4. The second-order valence-corrected chi connectivity index (χ2v) is 9.76. The SMILES string of the molecule is CNCC[C@@H](Oc1ccccc1C)c1ccccc1.O=C1CN=C(c2ccccc2Cl)c2cc([N+](=O)[O-])ccc2N1. The smallest absolute Gasteiger partial charge is 0.270 e. The number of hydrogen-bond acceptors (Lipinski definition) is 6. The van der Waals surface area contributed by atoms with Crippen LogP contribution in [0.1, 0.15) is 34.8 Å². The number of hydrogen-bond donors (Lipinski definition) is 2. The van der Waals surface area contributed by atoms with Gasteiger partial charge in [-0.15, -0.1) is 0 Å². The van der Waals surface area contributed by atoms with Gasteiger partial charge in [-0.25, -0.2) is 0 Å². The molecule has 0 radical (unpaired) electrons. The van der Waals surface area contributed by atoms with Gasteiger partial charge in [-0.1, -0.05) is 78.3 Å². The van der Waals surface area contributed by atoms with Crippen molar-refractivity contribution in [2.24, 2.45) is 4.99 Å². The van der Waals surface area contributed by atoms with Crippen molar-refractivity contribution in [1.82, 2.24) is 5.32 Å². The standard InChI is InChI=1S/C17H21NO.C15H10ClN3O3/c1-14-8-6-7-11-16(14)19-17(12-13-18-2)15-9-4-3-5-10-15;16-12-4-2-1-3-10(12)15-11-7-9(19(21)22)5-6-13(11)18-14(20)8-17-15/h3-11,17-18H,12-13H2,1-2H3;1-7H,8H2,(H,18,20)/t17-;/m1./s1. The number of aryl methyl sites for hydroxylation is 1. The van der Waals surface area contributed by atoms with E-state index in [4.69, 9.17) is 16.3 Å². The van der Waals surface area contributed by atoms with E-state index in [1.807, 2.05) is 31.3 Å². The summed E-state index contributed by atoms with van der Waals surface area (Å²) in [5.74, 6) is 0.685. The molecule has 5 rings (SSSR count). The molecule has 1 amide bonds. The number of rotatable bonds is 8. The van der Waals surface area contributed by atoms with E-state index in [1.165, 1.54) is 29.3 Å². The van der Waals surface area contributed by atoms with Crippen molar-refractivity contribution in [2.45, 2.75) is 19.4 Å². The number of ether oxygens (including phenoxy) is 1. The van der Waals surface area contributed by atoms with E-state index < -0.39 is 4.92 Å². The molecular formula is C32H31ClN4O4. The number of nitrogens with one attached hydrogen (secondary N) is 2. The average Bonchev–Trinajstić information content (AvgIpc) is 3.15. The molecule has 1 aliphatic heterocycles. The lowest BCUT2D eigenvalue weighted by molar-refractivity contribution is -0.384. The first-order valence-corrected chi connectivity index (χ1v) is 13.5. The van der Waals surface area contributed by atoms with Gasteiger partial charge in [-0.2, -0.15) is 0 Å². The van der Waals surface area contributed by atoms with E-state index in [9.17, 15) is 14.9 Å². The molecule has 0 saturated carbocycles. The van der Waals surface area contributed by atoms with E-state index in [2.05, 4.69) is 52.9 Å². The summed E-state index contributed by atoms with van der Waals surface area (Å²) in [6, 6.07) is 29.8. The Morgan fingerprint density at radius 2 is 1.71 bits per heavy atom. The van der Waals surface area contributed by atoms with Crippen LogP contribution in [0.2, 0.25) is 5.02 Å². The number of nitro benzene ring substituents is 1. The second-order valence-electron chi connectivity index (χ2n) is 9.35. The first-order chi connectivity index (χ1) is 19.9. The molecule has 9 heteroatoms. The third-order valence-corrected chi connectivity index (χ3v) is 6.77. The molecule has 8 nitrogen and oxygen atoms in total. The number of fused-ring (bicyclic) bond motifs is 1. The lowest BCUT2D eigenvalue weighted by atomic mass is 10.00. The predicted molar refractivity (Wildman–Crippen MR) is 163 cm³/mol. The molecule has 4 aromatic rings. The lowest BCUT2D eigenvalue weighted by Gasteiger charge is -2.20. The first-order valence-electron chi connectivity index (χ1n) is 13.2. The van der Waals surface area contributed by atoms with Gasteiger partial charge in [0, 0.05) is 34.7 Å². The Balaban J connectivity index is 0.000000191. The number of aliphatic imine (C=N–C) groups is 1. The van der Waals surface area contributed by atoms with Gasteiger partial charge >= 0.3 is 0 Å². The van der Waals surface area contributed by atoms with Crippen LogP contribution in [0.5, 0.6) is 5.75 Å². The van der Waals surface area contributed by atoms with Crippen LogP contribution in [0.4, 0.5) is 11.4 Å². The van der Waals surface area contributed by atoms with Crippen LogP contribution in [0.3, 0.4) is 0 Å². The summed E-state index contributed by atoms with van der Waals surface area (Å²) in [6.07, 6.45) is 1.05. The number of carbonyl (C=O) groups excluding carboxylic acids is 1. The molecule has 0 aromatic heterocycles. The number of anilines is 1. The minimum atomic E-state index is -0.489. The molecule has 0 bridgehead atoms. The zero-order chi connectivity index (χ0) is 29.2. The Labute approximate surface area is 244 Å².